The molecule has 0 spiro atoms. The number of para-hydroxylation sites is 3. The Hall–Kier alpha value is -3.11. The van der Waals surface area contributed by atoms with E-state index in [9.17, 15) is 4.79 Å². The minimum Gasteiger partial charge on any atom is -0.318 e. The number of aromatic nitrogens is 2. The highest BCUT2D eigenvalue weighted by atomic mass is 35.5. The summed E-state index contributed by atoms with van der Waals surface area (Å²) in [7, 11) is 0. The van der Waals surface area contributed by atoms with Gasteiger partial charge in [-0.1, -0.05) is 54.1 Å². The average Bonchev–Trinajstić information content (AvgIpc) is 3.08. The molecule has 4 rings (SSSR count). The van der Waals surface area contributed by atoms with Gasteiger partial charge in [0, 0.05) is 23.7 Å². The first-order valence-electron chi connectivity index (χ1n) is 9.69. The predicted octanol–water partition coefficient (Wildman–Crippen LogP) is 5.33. The molecule has 29 heavy (non-hydrogen) atoms. The van der Waals surface area contributed by atoms with Gasteiger partial charge in [-0.3, -0.25) is 4.79 Å². The van der Waals surface area contributed by atoms with Crippen LogP contribution in [0.5, 0.6) is 0 Å². The minimum atomic E-state index is 0.0409. The molecule has 1 amide bonds. The maximum Gasteiger partial charge on any atom is 0.246 e. The van der Waals surface area contributed by atoms with E-state index in [4.69, 9.17) is 16.6 Å². The number of rotatable bonds is 6. The molecule has 4 nitrogen and oxygen atoms in total. The van der Waals surface area contributed by atoms with Crippen molar-refractivity contribution in [3.63, 3.8) is 0 Å². The molecule has 0 aliphatic carbocycles. The van der Waals surface area contributed by atoms with E-state index in [1.54, 1.807) is 4.90 Å². The first kappa shape index (κ1) is 19.2. The lowest BCUT2D eigenvalue weighted by Crippen LogP contribution is -2.34. The molecule has 0 saturated carbocycles. The highest BCUT2D eigenvalue weighted by Gasteiger charge is 2.18. The zero-order valence-corrected chi connectivity index (χ0v) is 17.0. The van der Waals surface area contributed by atoms with Gasteiger partial charge in [0.15, 0.2) is 0 Å². The van der Waals surface area contributed by atoms with Gasteiger partial charge in [-0.2, -0.15) is 0 Å². The number of hydrogen-bond donors (Lipinski definition) is 0. The summed E-state index contributed by atoms with van der Waals surface area (Å²) in [5.74, 6) is 0.908. The van der Waals surface area contributed by atoms with Crippen LogP contribution in [0.4, 0.5) is 5.69 Å². The first-order chi connectivity index (χ1) is 14.2. The van der Waals surface area contributed by atoms with Crippen molar-refractivity contribution in [1.82, 2.24) is 9.55 Å². The Balaban J connectivity index is 1.68. The van der Waals surface area contributed by atoms with Crippen molar-refractivity contribution in [3.8, 4) is 0 Å². The Kier molecular flexibility index (Phi) is 5.63. The summed E-state index contributed by atoms with van der Waals surface area (Å²) in [6, 6.07) is 25.5. The molecular formula is C24H22ClN3O. The normalized spacial score (nSPS) is 11.0. The van der Waals surface area contributed by atoms with E-state index in [0.29, 0.717) is 18.0 Å². The van der Waals surface area contributed by atoms with Crippen LogP contribution in [0, 0.1) is 0 Å². The number of anilines is 1. The average molecular weight is 404 g/mol. The zero-order chi connectivity index (χ0) is 20.2. The predicted molar refractivity (Wildman–Crippen MR) is 118 cm³/mol. The Morgan fingerprint density at radius 3 is 2.38 bits per heavy atom. The van der Waals surface area contributed by atoms with Gasteiger partial charge < -0.3 is 9.47 Å². The van der Waals surface area contributed by atoms with Gasteiger partial charge in [0.25, 0.3) is 0 Å². The topological polar surface area (TPSA) is 38.1 Å². The monoisotopic (exact) mass is 403 g/mol. The lowest BCUT2D eigenvalue weighted by Gasteiger charge is -2.22. The van der Waals surface area contributed by atoms with Crippen LogP contribution in [0.1, 0.15) is 18.3 Å². The molecule has 0 unspecified atom stereocenters. The number of benzene rings is 3. The van der Waals surface area contributed by atoms with Crippen LogP contribution in [0.25, 0.3) is 11.0 Å². The van der Waals surface area contributed by atoms with E-state index in [2.05, 4.69) is 0 Å². The Morgan fingerprint density at radius 1 is 0.966 bits per heavy atom. The summed E-state index contributed by atoms with van der Waals surface area (Å²) >= 11 is 6.02. The van der Waals surface area contributed by atoms with Gasteiger partial charge in [0.2, 0.25) is 5.91 Å². The maximum atomic E-state index is 13.2. The summed E-state index contributed by atoms with van der Waals surface area (Å²) in [5, 5.41) is 0.707. The fraction of sp³-hybridized carbons (Fsp3) is 0.167. The molecule has 0 fully saturated rings. The van der Waals surface area contributed by atoms with E-state index in [0.717, 1.165) is 28.1 Å². The number of amides is 1. The number of carbonyl (C=O) groups excluding carboxylic acids is 1. The Bertz CT molecular complexity index is 1120. The Labute approximate surface area is 175 Å². The summed E-state index contributed by atoms with van der Waals surface area (Å²) in [6.07, 6.45) is 0.636. The molecule has 0 bridgehead atoms. The van der Waals surface area contributed by atoms with Gasteiger partial charge in [-0.05, 0) is 48.9 Å². The molecule has 0 atom stereocenters. The van der Waals surface area contributed by atoms with Crippen molar-refractivity contribution in [3.05, 3.63) is 95.3 Å². The van der Waals surface area contributed by atoms with Gasteiger partial charge >= 0.3 is 0 Å². The fourth-order valence-corrected chi connectivity index (χ4v) is 3.68. The smallest absolute Gasteiger partial charge is 0.246 e. The standard InChI is InChI=1S/C24H22ClN3O/c1-2-27(20-8-4-3-5-9-20)24(29)17-28-22-11-7-6-10-21(22)26-23(28)16-18-12-14-19(25)15-13-18/h3-15H,2,16-17H2,1H3. The molecule has 0 N–H and O–H groups in total. The number of hydrogen-bond acceptors (Lipinski definition) is 2. The van der Waals surface area contributed by atoms with Gasteiger partial charge in [0.1, 0.15) is 12.4 Å². The molecule has 3 aromatic carbocycles. The maximum absolute atomic E-state index is 13.2. The molecule has 0 aliphatic rings. The molecule has 0 saturated heterocycles. The highest BCUT2D eigenvalue weighted by Crippen LogP contribution is 2.21. The van der Waals surface area contributed by atoms with Crippen LogP contribution in [0.3, 0.4) is 0 Å². The van der Waals surface area contributed by atoms with Crippen LogP contribution in [0.2, 0.25) is 5.02 Å². The van der Waals surface area contributed by atoms with Crippen molar-refractivity contribution >= 4 is 34.2 Å². The number of likely N-dealkylation sites (N-methyl/N-ethyl adjacent to an activating group) is 1. The molecular weight excluding hydrogens is 382 g/mol. The lowest BCUT2D eigenvalue weighted by molar-refractivity contribution is -0.119. The van der Waals surface area contributed by atoms with E-state index in [-0.39, 0.29) is 12.5 Å². The van der Waals surface area contributed by atoms with Crippen LogP contribution in [0.15, 0.2) is 78.9 Å². The third-order valence-corrected chi connectivity index (χ3v) is 5.24. The third kappa shape index (κ3) is 4.17. The van der Waals surface area contributed by atoms with Gasteiger partial charge in [0.05, 0.1) is 11.0 Å². The number of halogens is 1. The van der Waals surface area contributed by atoms with Gasteiger partial charge in [-0.15, -0.1) is 0 Å². The van der Waals surface area contributed by atoms with Gasteiger partial charge in [-0.25, -0.2) is 4.98 Å². The number of nitrogens with zero attached hydrogens (tertiary/aromatic N) is 3. The SMILES string of the molecule is CCN(C(=O)Cn1c(Cc2ccc(Cl)cc2)nc2ccccc21)c1ccccc1. The summed E-state index contributed by atoms with van der Waals surface area (Å²) in [5.41, 5.74) is 3.87. The van der Waals surface area contributed by atoms with Crippen molar-refractivity contribution in [1.29, 1.82) is 0 Å². The largest absolute Gasteiger partial charge is 0.318 e. The minimum absolute atomic E-state index is 0.0409. The van der Waals surface area contributed by atoms with E-state index in [1.165, 1.54) is 0 Å². The van der Waals surface area contributed by atoms with Crippen molar-refractivity contribution in [2.45, 2.75) is 19.9 Å². The second-order valence-corrected chi connectivity index (χ2v) is 7.32. The lowest BCUT2D eigenvalue weighted by atomic mass is 10.1. The van der Waals surface area contributed by atoms with E-state index < -0.39 is 0 Å². The second kappa shape index (κ2) is 8.50. The quantitative estimate of drug-likeness (QED) is 0.436. The van der Waals surface area contributed by atoms with Crippen molar-refractivity contribution in [2.24, 2.45) is 0 Å². The van der Waals surface area contributed by atoms with Crippen LogP contribution in [-0.4, -0.2) is 22.0 Å². The zero-order valence-electron chi connectivity index (χ0n) is 16.3. The Morgan fingerprint density at radius 2 is 1.66 bits per heavy atom. The summed E-state index contributed by atoms with van der Waals surface area (Å²) in [6.45, 7) is 2.85. The molecule has 1 aromatic heterocycles. The summed E-state index contributed by atoms with van der Waals surface area (Å²) < 4.78 is 2.03. The number of fused-ring (bicyclic) bond motifs is 1. The second-order valence-electron chi connectivity index (χ2n) is 6.88. The molecule has 4 aromatic rings. The van der Waals surface area contributed by atoms with Crippen LogP contribution >= 0.6 is 11.6 Å². The number of imidazole rings is 1. The first-order valence-corrected chi connectivity index (χ1v) is 10.1. The molecule has 0 aliphatic heterocycles. The summed E-state index contributed by atoms with van der Waals surface area (Å²) in [4.78, 5) is 19.8. The van der Waals surface area contributed by atoms with Crippen LogP contribution in [-0.2, 0) is 17.8 Å². The van der Waals surface area contributed by atoms with Crippen molar-refractivity contribution < 1.29 is 4.79 Å². The molecule has 1 heterocycles. The molecule has 5 heteroatoms. The van der Waals surface area contributed by atoms with Crippen molar-refractivity contribution in [2.75, 3.05) is 11.4 Å². The number of carbonyl (C=O) groups is 1. The van der Waals surface area contributed by atoms with Crippen LogP contribution < -0.4 is 4.90 Å². The third-order valence-electron chi connectivity index (χ3n) is 4.99. The van der Waals surface area contributed by atoms with E-state index in [1.807, 2.05) is 90.4 Å². The fourth-order valence-electron chi connectivity index (χ4n) is 3.55. The molecule has 146 valence electrons. The molecule has 0 radical (unpaired) electrons. The van der Waals surface area contributed by atoms with E-state index >= 15 is 0 Å². The highest BCUT2D eigenvalue weighted by molar-refractivity contribution is 6.30.